The molecule has 10 heteroatoms. The second kappa shape index (κ2) is 7.88. The number of hydrogen-bond acceptors (Lipinski definition) is 5. The highest BCUT2D eigenvalue weighted by molar-refractivity contribution is 6.39. The van der Waals surface area contributed by atoms with Gasteiger partial charge in [-0.3, -0.25) is 25.0 Å². The molecule has 154 valence electrons. The summed E-state index contributed by atoms with van der Waals surface area (Å²) in [7, 11) is 0. The van der Waals surface area contributed by atoms with Crippen molar-refractivity contribution in [3.63, 3.8) is 0 Å². The lowest BCUT2D eigenvalue weighted by Crippen LogP contribution is -2.54. The van der Waals surface area contributed by atoms with Crippen LogP contribution in [0.15, 0.2) is 72.4 Å². The molecule has 0 atom stereocenters. The molecule has 1 N–H and O–H groups in total. The van der Waals surface area contributed by atoms with Crippen molar-refractivity contribution in [2.75, 3.05) is 4.90 Å². The van der Waals surface area contributed by atoms with E-state index >= 15 is 0 Å². The van der Waals surface area contributed by atoms with Crippen LogP contribution < -0.4 is 10.2 Å². The summed E-state index contributed by atoms with van der Waals surface area (Å²) in [6, 6.07) is 14.3. The van der Waals surface area contributed by atoms with E-state index in [1.54, 1.807) is 35.0 Å². The Kier molecular flexibility index (Phi) is 5.10. The van der Waals surface area contributed by atoms with E-state index in [2.05, 4.69) is 5.32 Å². The number of hydrogen-bond donors (Lipinski definition) is 1. The molecule has 0 radical (unpaired) electrons. The number of imide groups is 2. The average molecular weight is 437 g/mol. The lowest BCUT2D eigenvalue weighted by Gasteiger charge is -2.26. The summed E-state index contributed by atoms with van der Waals surface area (Å²) in [5.74, 6) is -1.61. The molecule has 4 rings (SSSR count). The summed E-state index contributed by atoms with van der Waals surface area (Å²) >= 11 is 5.86. The first-order chi connectivity index (χ1) is 14.8. The Balaban J connectivity index is 1.71. The molecule has 2 aromatic carbocycles. The first-order valence-corrected chi connectivity index (χ1v) is 9.32. The molecule has 0 spiro atoms. The number of nitro benzene ring substituents is 1. The number of carbonyl (C=O) groups is 3. The third-order valence-electron chi connectivity index (χ3n) is 4.60. The van der Waals surface area contributed by atoms with E-state index in [0.29, 0.717) is 16.4 Å². The monoisotopic (exact) mass is 436 g/mol. The maximum absolute atomic E-state index is 13.0. The first-order valence-electron chi connectivity index (χ1n) is 8.94. The van der Waals surface area contributed by atoms with Gasteiger partial charge in [-0.1, -0.05) is 11.6 Å². The predicted molar refractivity (Wildman–Crippen MR) is 113 cm³/mol. The van der Waals surface area contributed by atoms with Crippen LogP contribution in [-0.4, -0.2) is 27.3 Å². The molecule has 3 aromatic rings. The minimum Gasteiger partial charge on any atom is -0.317 e. The molecule has 1 aromatic heterocycles. The highest BCUT2D eigenvalue weighted by Crippen LogP contribution is 2.25. The lowest BCUT2D eigenvalue weighted by molar-refractivity contribution is -0.384. The smallest absolute Gasteiger partial charge is 0.317 e. The number of non-ortho nitro benzene ring substituents is 1. The van der Waals surface area contributed by atoms with Crippen LogP contribution in [0.2, 0.25) is 5.02 Å². The van der Waals surface area contributed by atoms with Gasteiger partial charge in [-0.25, -0.2) is 9.69 Å². The van der Waals surface area contributed by atoms with Crippen molar-refractivity contribution in [1.29, 1.82) is 0 Å². The summed E-state index contributed by atoms with van der Waals surface area (Å²) < 4.78 is 1.65. The molecular formula is C21H13ClN4O5. The first kappa shape index (κ1) is 20.0. The second-order valence-corrected chi connectivity index (χ2v) is 6.95. The Morgan fingerprint density at radius 1 is 0.935 bits per heavy atom. The van der Waals surface area contributed by atoms with E-state index in [9.17, 15) is 24.5 Å². The van der Waals surface area contributed by atoms with Gasteiger partial charge in [-0.2, -0.15) is 0 Å². The number of aromatic nitrogens is 1. The molecular weight excluding hydrogens is 424 g/mol. The van der Waals surface area contributed by atoms with Crippen molar-refractivity contribution in [1.82, 2.24) is 9.88 Å². The Bertz CT molecular complexity index is 1250. The van der Waals surface area contributed by atoms with Crippen molar-refractivity contribution < 1.29 is 19.3 Å². The van der Waals surface area contributed by atoms with E-state index in [4.69, 9.17) is 11.6 Å². The third kappa shape index (κ3) is 3.81. The number of anilines is 1. The maximum atomic E-state index is 13.0. The van der Waals surface area contributed by atoms with Crippen LogP contribution in [0.5, 0.6) is 0 Å². The van der Waals surface area contributed by atoms with Gasteiger partial charge in [0.05, 0.1) is 10.6 Å². The molecule has 0 bridgehead atoms. The van der Waals surface area contributed by atoms with Gasteiger partial charge in [-0.15, -0.1) is 0 Å². The van der Waals surface area contributed by atoms with Gasteiger partial charge in [0.2, 0.25) is 0 Å². The molecule has 4 amide bonds. The second-order valence-electron chi connectivity index (χ2n) is 6.51. The fraction of sp³-hybridized carbons (Fsp3) is 0. The Hall–Kier alpha value is -4.24. The number of rotatable bonds is 4. The quantitative estimate of drug-likeness (QED) is 0.290. The van der Waals surface area contributed by atoms with Crippen LogP contribution in [0, 0.1) is 10.1 Å². The standard InChI is InChI=1S/C21H13ClN4O5/c22-13-3-5-15(6-4-13)25-20(28)18(19(27)23-21(25)29)12-17-2-1-11-24(17)14-7-9-16(10-8-14)26(30)31/h1-12H,(H,23,27,29). The van der Waals surface area contributed by atoms with E-state index in [-0.39, 0.29) is 16.9 Å². The molecule has 9 nitrogen and oxygen atoms in total. The van der Waals surface area contributed by atoms with Crippen LogP contribution >= 0.6 is 11.6 Å². The zero-order valence-corrected chi connectivity index (χ0v) is 16.4. The normalized spacial score (nSPS) is 15.3. The number of halogens is 1. The molecule has 0 saturated carbocycles. The molecule has 31 heavy (non-hydrogen) atoms. The number of nitrogens with zero attached hydrogens (tertiary/aromatic N) is 3. The number of barbiturate groups is 1. The van der Waals surface area contributed by atoms with E-state index in [1.165, 1.54) is 42.5 Å². The summed E-state index contributed by atoms with van der Waals surface area (Å²) in [6.07, 6.45) is 3.04. The molecule has 1 aliphatic heterocycles. The third-order valence-corrected chi connectivity index (χ3v) is 4.85. The van der Waals surface area contributed by atoms with Gasteiger partial charge >= 0.3 is 6.03 Å². The minimum atomic E-state index is -0.861. The lowest BCUT2D eigenvalue weighted by atomic mass is 10.1. The van der Waals surface area contributed by atoms with Gasteiger partial charge in [0.25, 0.3) is 17.5 Å². The van der Waals surface area contributed by atoms with Crippen LogP contribution in [0.1, 0.15) is 5.69 Å². The number of nitrogens with one attached hydrogen (secondary N) is 1. The molecule has 1 saturated heterocycles. The molecule has 0 aliphatic carbocycles. The number of amides is 4. The summed E-state index contributed by atoms with van der Waals surface area (Å²) in [6.45, 7) is 0. The topological polar surface area (TPSA) is 115 Å². The zero-order chi connectivity index (χ0) is 22.1. The van der Waals surface area contributed by atoms with E-state index in [0.717, 1.165) is 4.90 Å². The molecule has 1 fully saturated rings. The summed E-state index contributed by atoms with van der Waals surface area (Å²) in [5, 5.41) is 13.4. The van der Waals surface area contributed by atoms with Crippen LogP contribution in [0.25, 0.3) is 11.8 Å². The van der Waals surface area contributed by atoms with Gasteiger partial charge in [0.15, 0.2) is 0 Å². The van der Waals surface area contributed by atoms with Gasteiger partial charge in [0, 0.05) is 34.7 Å². The Morgan fingerprint density at radius 3 is 2.23 bits per heavy atom. The number of urea groups is 1. The van der Waals surface area contributed by atoms with Crippen molar-refractivity contribution in [2.24, 2.45) is 0 Å². The van der Waals surface area contributed by atoms with Gasteiger partial charge < -0.3 is 4.57 Å². The predicted octanol–water partition coefficient (Wildman–Crippen LogP) is 3.71. The number of nitro groups is 1. The number of carbonyl (C=O) groups excluding carboxylic acids is 3. The summed E-state index contributed by atoms with van der Waals surface area (Å²) in [5.41, 5.74) is 1.02. The molecule has 0 unspecified atom stereocenters. The number of benzene rings is 2. The zero-order valence-electron chi connectivity index (χ0n) is 15.7. The fourth-order valence-corrected chi connectivity index (χ4v) is 3.24. The van der Waals surface area contributed by atoms with Crippen LogP contribution in [-0.2, 0) is 9.59 Å². The Labute approximate surface area is 180 Å². The van der Waals surface area contributed by atoms with E-state index < -0.39 is 22.8 Å². The fourth-order valence-electron chi connectivity index (χ4n) is 3.11. The highest BCUT2D eigenvalue weighted by Gasteiger charge is 2.37. The largest absolute Gasteiger partial charge is 0.335 e. The SMILES string of the molecule is O=C1NC(=O)N(c2ccc(Cl)cc2)C(=O)C1=Cc1cccn1-c1ccc([N+](=O)[O-])cc1. The van der Waals surface area contributed by atoms with E-state index in [1.807, 2.05) is 0 Å². The summed E-state index contributed by atoms with van der Waals surface area (Å²) in [4.78, 5) is 48.9. The molecule has 2 heterocycles. The highest BCUT2D eigenvalue weighted by atomic mass is 35.5. The van der Waals surface area contributed by atoms with Crippen molar-refractivity contribution in [3.8, 4) is 5.69 Å². The van der Waals surface area contributed by atoms with Crippen molar-refractivity contribution in [3.05, 3.63) is 93.3 Å². The van der Waals surface area contributed by atoms with Gasteiger partial charge in [0.1, 0.15) is 5.57 Å². The van der Waals surface area contributed by atoms with Crippen molar-refractivity contribution >= 4 is 46.9 Å². The molecule has 1 aliphatic rings. The Morgan fingerprint density at radius 2 is 1.58 bits per heavy atom. The van der Waals surface area contributed by atoms with Crippen LogP contribution in [0.4, 0.5) is 16.2 Å². The van der Waals surface area contributed by atoms with Gasteiger partial charge in [-0.05, 0) is 54.6 Å². The minimum absolute atomic E-state index is 0.0604. The van der Waals surface area contributed by atoms with Crippen molar-refractivity contribution in [2.45, 2.75) is 0 Å². The maximum Gasteiger partial charge on any atom is 0.335 e. The average Bonchev–Trinajstić information content (AvgIpc) is 3.20. The van der Waals surface area contributed by atoms with Crippen LogP contribution in [0.3, 0.4) is 0 Å².